The fourth-order valence-electron chi connectivity index (χ4n) is 3.43. The zero-order valence-electron chi connectivity index (χ0n) is 17.1. The molecule has 0 fully saturated rings. The fourth-order valence-corrected chi connectivity index (χ4v) is 4.85. The Kier molecular flexibility index (Phi) is 6.66. The summed E-state index contributed by atoms with van der Waals surface area (Å²) in [6, 6.07) is 7.66. The number of nitrogens with one attached hydrogen (secondary N) is 2. The number of phenols is 1. The standard InChI is InChI=1S/C22H20Cl2N4O3S/c1-28-6-4-12-8-18(32-17(12)5-7-28)22(31)27-20-15(9-14(24)10-16(20)29)21(30)26-19-3-2-13(23)11-25-19/h2-3,8-11,29H,4-7H2,1H3,(H,27,31)(H,25,26,30). The van der Waals surface area contributed by atoms with Gasteiger partial charge in [-0.2, -0.15) is 0 Å². The lowest BCUT2D eigenvalue weighted by molar-refractivity contribution is 0.102. The van der Waals surface area contributed by atoms with E-state index in [0.717, 1.165) is 31.5 Å². The highest BCUT2D eigenvalue weighted by Gasteiger charge is 2.22. The third kappa shape index (κ3) is 5.05. The predicted molar refractivity (Wildman–Crippen MR) is 127 cm³/mol. The number of rotatable bonds is 4. The first-order valence-electron chi connectivity index (χ1n) is 9.87. The SMILES string of the molecule is CN1CCc2cc(C(=O)Nc3c(O)cc(Cl)cc3C(=O)Nc3ccc(Cl)cn3)sc2CC1. The smallest absolute Gasteiger partial charge is 0.265 e. The first kappa shape index (κ1) is 22.5. The molecule has 0 atom stereocenters. The summed E-state index contributed by atoms with van der Waals surface area (Å²) < 4.78 is 0. The number of anilines is 2. The van der Waals surface area contributed by atoms with E-state index in [2.05, 4.69) is 27.6 Å². The molecule has 7 nitrogen and oxygen atoms in total. The van der Waals surface area contributed by atoms with Gasteiger partial charge in [-0.15, -0.1) is 11.3 Å². The van der Waals surface area contributed by atoms with Crippen LogP contribution in [-0.2, 0) is 12.8 Å². The molecule has 0 saturated carbocycles. The summed E-state index contributed by atoms with van der Waals surface area (Å²) in [6.45, 7) is 1.88. The highest BCUT2D eigenvalue weighted by Crippen LogP contribution is 2.34. The van der Waals surface area contributed by atoms with Gasteiger partial charge >= 0.3 is 0 Å². The maximum absolute atomic E-state index is 13.0. The Balaban J connectivity index is 1.58. The van der Waals surface area contributed by atoms with Gasteiger partial charge in [-0.1, -0.05) is 23.2 Å². The molecule has 0 unspecified atom stereocenters. The molecule has 0 radical (unpaired) electrons. The van der Waals surface area contributed by atoms with Gasteiger partial charge in [-0.05, 0) is 49.7 Å². The second-order valence-electron chi connectivity index (χ2n) is 7.48. The number of halogens is 2. The van der Waals surface area contributed by atoms with Crippen molar-refractivity contribution in [1.29, 1.82) is 0 Å². The zero-order chi connectivity index (χ0) is 22.8. The maximum Gasteiger partial charge on any atom is 0.265 e. The van der Waals surface area contributed by atoms with Crippen LogP contribution in [0.3, 0.4) is 0 Å². The van der Waals surface area contributed by atoms with Crippen LogP contribution in [0.2, 0.25) is 10.0 Å². The van der Waals surface area contributed by atoms with Crippen molar-refractivity contribution in [2.45, 2.75) is 12.8 Å². The van der Waals surface area contributed by atoms with Crippen LogP contribution in [0, 0.1) is 0 Å². The Morgan fingerprint density at radius 3 is 2.59 bits per heavy atom. The average Bonchev–Trinajstić information content (AvgIpc) is 3.09. The van der Waals surface area contributed by atoms with Crippen LogP contribution in [0.4, 0.5) is 11.5 Å². The molecular weight excluding hydrogens is 471 g/mol. The zero-order valence-corrected chi connectivity index (χ0v) is 19.4. The Morgan fingerprint density at radius 1 is 1.06 bits per heavy atom. The van der Waals surface area contributed by atoms with E-state index in [1.807, 2.05) is 6.07 Å². The van der Waals surface area contributed by atoms with E-state index in [1.54, 1.807) is 12.1 Å². The van der Waals surface area contributed by atoms with Crippen LogP contribution < -0.4 is 10.6 Å². The van der Waals surface area contributed by atoms with Gasteiger partial charge in [0.25, 0.3) is 11.8 Å². The number of aromatic hydroxyl groups is 1. The highest BCUT2D eigenvalue weighted by atomic mass is 35.5. The number of benzene rings is 1. The Hall–Kier alpha value is -2.65. The van der Waals surface area contributed by atoms with Crippen LogP contribution in [-0.4, -0.2) is 46.9 Å². The summed E-state index contributed by atoms with van der Waals surface area (Å²) in [5.41, 5.74) is 1.16. The van der Waals surface area contributed by atoms with Crippen molar-refractivity contribution >= 4 is 57.9 Å². The van der Waals surface area contributed by atoms with Crippen LogP contribution in [0.1, 0.15) is 30.5 Å². The average molecular weight is 491 g/mol. The molecule has 3 aromatic rings. The quantitative estimate of drug-likeness (QED) is 0.461. The van der Waals surface area contributed by atoms with Gasteiger partial charge in [0.1, 0.15) is 11.6 Å². The number of thiophene rings is 1. The fraction of sp³-hybridized carbons (Fsp3) is 0.227. The molecule has 0 bridgehead atoms. The number of aromatic nitrogens is 1. The van der Waals surface area contributed by atoms with E-state index in [-0.39, 0.29) is 27.8 Å². The van der Waals surface area contributed by atoms with Crippen molar-refractivity contribution in [1.82, 2.24) is 9.88 Å². The topological polar surface area (TPSA) is 94.6 Å². The number of amides is 2. The molecule has 1 aliphatic rings. The van der Waals surface area contributed by atoms with Crippen LogP contribution >= 0.6 is 34.5 Å². The van der Waals surface area contributed by atoms with E-state index in [0.29, 0.717) is 9.90 Å². The van der Waals surface area contributed by atoms with Gasteiger partial charge in [-0.3, -0.25) is 9.59 Å². The molecule has 2 amide bonds. The first-order valence-corrected chi connectivity index (χ1v) is 11.4. The molecular formula is C22H20Cl2N4O3S. The summed E-state index contributed by atoms with van der Waals surface area (Å²) in [5, 5.41) is 16.3. The predicted octanol–water partition coefficient (Wildman–Crippen LogP) is 4.69. The number of likely N-dealkylation sites (N-methyl/N-ethyl adjacent to an activating group) is 1. The summed E-state index contributed by atoms with van der Waals surface area (Å²) in [6.07, 6.45) is 3.16. The summed E-state index contributed by atoms with van der Waals surface area (Å²) in [7, 11) is 2.08. The lowest BCUT2D eigenvalue weighted by Gasteiger charge is -2.13. The number of hydrogen-bond donors (Lipinski definition) is 3. The van der Waals surface area contributed by atoms with Crippen molar-refractivity contribution in [2.24, 2.45) is 0 Å². The van der Waals surface area contributed by atoms with Crippen LogP contribution in [0.25, 0.3) is 0 Å². The number of carbonyl (C=O) groups is 2. The monoisotopic (exact) mass is 490 g/mol. The van der Waals surface area contributed by atoms with E-state index < -0.39 is 11.8 Å². The van der Waals surface area contributed by atoms with E-state index in [1.165, 1.54) is 34.5 Å². The molecule has 32 heavy (non-hydrogen) atoms. The Labute approximate surface area is 199 Å². The van der Waals surface area contributed by atoms with Gasteiger partial charge in [0.15, 0.2) is 0 Å². The number of pyridine rings is 1. The first-order chi connectivity index (χ1) is 15.3. The molecule has 2 aromatic heterocycles. The lowest BCUT2D eigenvalue weighted by Crippen LogP contribution is -2.21. The minimum atomic E-state index is -0.585. The van der Waals surface area contributed by atoms with E-state index >= 15 is 0 Å². The highest BCUT2D eigenvalue weighted by molar-refractivity contribution is 7.14. The van der Waals surface area contributed by atoms with Crippen molar-refractivity contribution in [3.8, 4) is 5.75 Å². The van der Waals surface area contributed by atoms with Gasteiger partial charge in [-0.25, -0.2) is 4.98 Å². The lowest BCUT2D eigenvalue weighted by atomic mass is 10.1. The van der Waals surface area contributed by atoms with Crippen molar-refractivity contribution in [2.75, 3.05) is 30.8 Å². The second kappa shape index (κ2) is 9.46. The summed E-state index contributed by atoms with van der Waals surface area (Å²) in [5.74, 6) is -1.02. The molecule has 0 saturated heterocycles. The molecule has 1 aliphatic heterocycles. The third-order valence-corrected chi connectivity index (χ3v) is 6.82. The summed E-state index contributed by atoms with van der Waals surface area (Å²) in [4.78, 5) is 33.8. The Morgan fingerprint density at radius 2 is 1.84 bits per heavy atom. The van der Waals surface area contributed by atoms with E-state index in [9.17, 15) is 14.7 Å². The third-order valence-electron chi connectivity index (χ3n) is 5.14. The molecule has 0 spiro atoms. The number of nitrogens with zero attached hydrogens (tertiary/aromatic N) is 2. The second-order valence-corrected chi connectivity index (χ2v) is 9.49. The van der Waals surface area contributed by atoms with Crippen LogP contribution in [0.15, 0.2) is 36.5 Å². The molecule has 10 heteroatoms. The molecule has 3 heterocycles. The number of fused-ring (bicyclic) bond motifs is 1. The van der Waals surface area contributed by atoms with Gasteiger partial charge < -0.3 is 20.6 Å². The minimum absolute atomic E-state index is 0.0137. The minimum Gasteiger partial charge on any atom is -0.506 e. The van der Waals surface area contributed by atoms with E-state index in [4.69, 9.17) is 23.2 Å². The van der Waals surface area contributed by atoms with Crippen molar-refractivity contribution in [3.63, 3.8) is 0 Å². The molecule has 3 N–H and O–H groups in total. The Bertz CT molecular complexity index is 1160. The van der Waals surface area contributed by atoms with Gasteiger partial charge in [0, 0.05) is 35.3 Å². The van der Waals surface area contributed by atoms with Gasteiger partial charge in [0.05, 0.1) is 21.2 Å². The number of hydrogen-bond acceptors (Lipinski definition) is 6. The number of phenolic OH excluding ortho intramolecular Hbond substituents is 1. The maximum atomic E-state index is 13.0. The normalized spacial score (nSPS) is 13.8. The van der Waals surface area contributed by atoms with Crippen molar-refractivity contribution < 1.29 is 14.7 Å². The molecule has 166 valence electrons. The molecule has 0 aliphatic carbocycles. The summed E-state index contributed by atoms with van der Waals surface area (Å²) >= 11 is 13.3. The largest absolute Gasteiger partial charge is 0.506 e. The number of carbonyl (C=O) groups excluding carboxylic acids is 2. The van der Waals surface area contributed by atoms with Crippen LogP contribution in [0.5, 0.6) is 5.75 Å². The van der Waals surface area contributed by atoms with Crippen molar-refractivity contribution in [3.05, 3.63) is 67.5 Å². The molecule has 1 aromatic carbocycles. The van der Waals surface area contributed by atoms with Gasteiger partial charge in [0.2, 0.25) is 0 Å². The molecule has 4 rings (SSSR count).